The van der Waals surface area contributed by atoms with Crippen LogP contribution in [0.4, 0.5) is 0 Å². The summed E-state index contributed by atoms with van der Waals surface area (Å²) in [6.45, 7) is 0.445. The molecule has 1 aromatic carbocycles. The topological polar surface area (TPSA) is 67.8 Å². The molecule has 0 saturated heterocycles. The highest BCUT2D eigenvalue weighted by molar-refractivity contribution is 5.91. The fourth-order valence-electron chi connectivity index (χ4n) is 1.96. The number of benzene rings is 1. The van der Waals surface area contributed by atoms with E-state index in [1.807, 2.05) is 36.4 Å². The van der Waals surface area contributed by atoms with Crippen LogP contribution in [0.15, 0.2) is 61.1 Å². The molecule has 0 aliphatic heterocycles. The maximum atomic E-state index is 11.8. The molecule has 3 rings (SSSR count). The van der Waals surface area contributed by atoms with E-state index in [9.17, 15) is 4.79 Å². The Morgan fingerprint density at radius 3 is 2.77 bits per heavy atom. The average molecular weight is 290 g/mol. The average Bonchev–Trinajstić information content (AvgIpc) is 2.59. The van der Waals surface area contributed by atoms with Crippen molar-refractivity contribution in [2.75, 3.05) is 0 Å². The molecule has 108 valence electrons. The van der Waals surface area contributed by atoms with Gasteiger partial charge < -0.3 is 5.32 Å². The summed E-state index contributed by atoms with van der Waals surface area (Å²) in [6.07, 6.45) is 8.17. The molecule has 0 fully saturated rings. The van der Waals surface area contributed by atoms with Gasteiger partial charge >= 0.3 is 0 Å². The van der Waals surface area contributed by atoms with Crippen molar-refractivity contribution in [3.05, 3.63) is 72.3 Å². The van der Waals surface area contributed by atoms with E-state index < -0.39 is 0 Å². The number of rotatable bonds is 4. The lowest BCUT2D eigenvalue weighted by Crippen LogP contribution is -2.20. The predicted octanol–water partition coefficient (Wildman–Crippen LogP) is 2.35. The number of fused-ring (bicyclic) bond motifs is 1. The first-order valence-electron chi connectivity index (χ1n) is 6.88. The van der Waals surface area contributed by atoms with E-state index in [1.54, 1.807) is 24.7 Å². The molecule has 1 amide bonds. The number of hydrogen-bond donors (Lipinski definition) is 1. The lowest BCUT2D eigenvalue weighted by molar-refractivity contribution is -0.116. The molecule has 2 heterocycles. The van der Waals surface area contributed by atoms with E-state index in [1.165, 1.54) is 6.08 Å². The maximum absolute atomic E-state index is 11.8. The second kappa shape index (κ2) is 6.58. The quantitative estimate of drug-likeness (QED) is 0.749. The lowest BCUT2D eigenvalue weighted by Gasteiger charge is -2.01. The molecule has 0 unspecified atom stereocenters. The summed E-state index contributed by atoms with van der Waals surface area (Å²) in [7, 11) is 0. The molecule has 0 aliphatic carbocycles. The molecule has 5 heteroatoms. The van der Waals surface area contributed by atoms with E-state index in [0.29, 0.717) is 12.2 Å². The van der Waals surface area contributed by atoms with Gasteiger partial charge in [0.1, 0.15) is 0 Å². The molecule has 0 bridgehead atoms. The summed E-state index contributed by atoms with van der Waals surface area (Å²) in [5.41, 5.74) is 3.24. The van der Waals surface area contributed by atoms with E-state index in [2.05, 4.69) is 20.3 Å². The van der Waals surface area contributed by atoms with Gasteiger partial charge in [-0.1, -0.05) is 18.2 Å². The highest BCUT2D eigenvalue weighted by atomic mass is 16.1. The Morgan fingerprint density at radius 2 is 1.95 bits per heavy atom. The molecule has 0 radical (unpaired) electrons. The summed E-state index contributed by atoms with van der Waals surface area (Å²) in [6, 6.07) is 11.4. The van der Waals surface area contributed by atoms with Gasteiger partial charge in [0, 0.05) is 25.0 Å². The van der Waals surface area contributed by atoms with Crippen LogP contribution in [0.3, 0.4) is 0 Å². The van der Waals surface area contributed by atoms with Crippen LogP contribution in [0.2, 0.25) is 0 Å². The van der Waals surface area contributed by atoms with Crippen molar-refractivity contribution in [2.45, 2.75) is 6.54 Å². The van der Waals surface area contributed by atoms with Crippen molar-refractivity contribution in [3.8, 4) is 0 Å². The number of nitrogens with zero attached hydrogens (tertiary/aromatic N) is 3. The predicted molar refractivity (Wildman–Crippen MR) is 84.7 cm³/mol. The number of carbonyl (C=O) groups excluding carboxylic acids is 1. The third-order valence-corrected chi connectivity index (χ3v) is 3.06. The first-order chi connectivity index (χ1) is 10.8. The standard InChI is InChI=1S/C17H14N4O/c22-17(20-11-13-4-3-9-18-10-13)8-7-14-12-19-15-5-1-2-6-16(15)21-14/h1-10,12H,11H2,(H,20,22)/b8-7+. The van der Waals surface area contributed by atoms with E-state index in [4.69, 9.17) is 0 Å². The van der Waals surface area contributed by atoms with Gasteiger partial charge in [0.05, 0.1) is 22.9 Å². The second-order valence-electron chi connectivity index (χ2n) is 4.70. The molecule has 2 aromatic heterocycles. The van der Waals surface area contributed by atoms with Crippen LogP contribution in [0, 0.1) is 0 Å². The monoisotopic (exact) mass is 290 g/mol. The second-order valence-corrected chi connectivity index (χ2v) is 4.70. The summed E-state index contributed by atoms with van der Waals surface area (Å²) >= 11 is 0. The SMILES string of the molecule is O=C(/C=C/c1cnc2ccccc2n1)NCc1cccnc1. The number of para-hydroxylation sites is 2. The summed E-state index contributed by atoms with van der Waals surface area (Å²) in [5.74, 6) is -0.182. The first-order valence-corrected chi connectivity index (χ1v) is 6.88. The Kier molecular flexibility index (Phi) is 4.15. The Bertz CT molecular complexity index is 815. The van der Waals surface area contributed by atoms with Gasteiger partial charge in [0.25, 0.3) is 0 Å². The zero-order valence-electron chi connectivity index (χ0n) is 11.8. The van der Waals surface area contributed by atoms with Crippen LogP contribution >= 0.6 is 0 Å². The van der Waals surface area contributed by atoms with Crippen molar-refractivity contribution in [2.24, 2.45) is 0 Å². The number of amides is 1. The lowest BCUT2D eigenvalue weighted by atomic mass is 10.3. The fraction of sp³-hybridized carbons (Fsp3) is 0.0588. The Morgan fingerprint density at radius 1 is 1.09 bits per heavy atom. The van der Waals surface area contributed by atoms with Gasteiger partial charge in [-0.25, -0.2) is 4.98 Å². The molecule has 5 nitrogen and oxygen atoms in total. The van der Waals surface area contributed by atoms with E-state index in [-0.39, 0.29) is 5.91 Å². The smallest absolute Gasteiger partial charge is 0.244 e. The van der Waals surface area contributed by atoms with Gasteiger partial charge in [-0.05, 0) is 29.8 Å². The van der Waals surface area contributed by atoms with Crippen LogP contribution in [0.5, 0.6) is 0 Å². The Hall–Kier alpha value is -3.08. The molecule has 1 N–H and O–H groups in total. The van der Waals surface area contributed by atoms with Crippen molar-refractivity contribution < 1.29 is 4.79 Å². The highest BCUT2D eigenvalue weighted by Crippen LogP contribution is 2.09. The van der Waals surface area contributed by atoms with E-state index in [0.717, 1.165) is 16.6 Å². The molecule has 0 spiro atoms. The van der Waals surface area contributed by atoms with Crippen LogP contribution in [-0.2, 0) is 11.3 Å². The molecule has 0 saturated carbocycles. The first kappa shape index (κ1) is 13.9. The van der Waals surface area contributed by atoms with Crippen LogP contribution in [0.25, 0.3) is 17.1 Å². The zero-order valence-corrected chi connectivity index (χ0v) is 11.8. The van der Waals surface area contributed by atoms with Gasteiger partial charge in [-0.15, -0.1) is 0 Å². The van der Waals surface area contributed by atoms with Gasteiger partial charge in [-0.3, -0.25) is 14.8 Å². The normalized spacial score (nSPS) is 10.9. The van der Waals surface area contributed by atoms with E-state index >= 15 is 0 Å². The minimum absolute atomic E-state index is 0.182. The Balaban J connectivity index is 1.63. The molecule has 0 aliphatic rings. The summed E-state index contributed by atoms with van der Waals surface area (Å²) in [5, 5.41) is 2.79. The molecular weight excluding hydrogens is 276 g/mol. The maximum Gasteiger partial charge on any atom is 0.244 e. The molecular formula is C17H14N4O. The minimum atomic E-state index is -0.182. The Labute approximate surface area is 127 Å². The number of pyridine rings is 1. The largest absolute Gasteiger partial charge is 0.348 e. The third kappa shape index (κ3) is 3.52. The fourth-order valence-corrected chi connectivity index (χ4v) is 1.96. The number of carbonyl (C=O) groups is 1. The number of hydrogen-bond acceptors (Lipinski definition) is 4. The summed E-state index contributed by atoms with van der Waals surface area (Å²) < 4.78 is 0. The van der Waals surface area contributed by atoms with Crippen LogP contribution in [-0.4, -0.2) is 20.9 Å². The molecule has 3 aromatic rings. The van der Waals surface area contributed by atoms with Gasteiger partial charge in [0.15, 0.2) is 0 Å². The minimum Gasteiger partial charge on any atom is -0.348 e. The van der Waals surface area contributed by atoms with Gasteiger partial charge in [0.2, 0.25) is 5.91 Å². The van der Waals surface area contributed by atoms with Crippen molar-refractivity contribution in [3.63, 3.8) is 0 Å². The summed E-state index contributed by atoms with van der Waals surface area (Å²) in [4.78, 5) is 24.5. The van der Waals surface area contributed by atoms with Crippen molar-refractivity contribution in [1.82, 2.24) is 20.3 Å². The molecule has 22 heavy (non-hydrogen) atoms. The third-order valence-electron chi connectivity index (χ3n) is 3.06. The van der Waals surface area contributed by atoms with Gasteiger partial charge in [-0.2, -0.15) is 0 Å². The number of nitrogens with one attached hydrogen (secondary N) is 1. The van der Waals surface area contributed by atoms with Crippen molar-refractivity contribution in [1.29, 1.82) is 0 Å². The highest BCUT2D eigenvalue weighted by Gasteiger charge is 1.99. The van der Waals surface area contributed by atoms with Crippen LogP contribution in [0.1, 0.15) is 11.3 Å². The van der Waals surface area contributed by atoms with Crippen LogP contribution < -0.4 is 5.32 Å². The van der Waals surface area contributed by atoms with Crippen molar-refractivity contribution >= 4 is 23.0 Å². The zero-order chi connectivity index (χ0) is 15.2. The molecule has 0 atom stereocenters. The number of aromatic nitrogens is 3.